The van der Waals surface area contributed by atoms with E-state index in [9.17, 15) is 14.4 Å². The molecular weight excluding hydrogens is 572 g/mol. The zero-order chi connectivity index (χ0) is 32.1. The summed E-state index contributed by atoms with van der Waals surface area (Å²) in [6.07, 6.45) is 11.0. The van der Waals surface area contributed by atoms with E-state index in [0.717, 1.165) is 31.2 Å². The summed E-state index contributed by atoms with van der Waals surface area (Å²) in [5, 5.41) is 0. The summed E-state index contributed by atoms with van der Waals surface area (Å²) >= 11 is 0. The minimum absolute atomic E-state index is 0.0299. The second kappa shape index (κ2) is 25.6. The highest BCUT2D eigenvalue weighted by Gasteiger charge is 2.34. The van der Waals surface area contributed by atoms with E-state index < -0.39 is 23.3 Å². The lowest BCUT2D eigenvalue weighted by Gasteiger charge is -2.31. The first-order valence-electron chi connectivity index (χ1n) is 15.0. The summed E-state index contributed by atoms with van der Waals surface area (Å²) in [4.78, 5) is 35.0. The second-order valence-electron chi connectivity index (χ2n) is 9.60. The summed E-state index contributed by atoms with van der Waals surface area (Å²) in [6, 6.07) is 10.1. The van der Waals surface area contributed by atoms with Gasteiger partial charge in [0.25, 0.3) is 0 Å². The predicted octanol–water partition coefficient (Wildman–Crippen LogP) is 5.05. The topological polar surface area (TPSA) is 125 Å². The van der Waals surface area contributed by atoms with Crippen molar-refractivity contribution in [1.82, 2.24) is 0 Å². The Morgan fingerprint density at radius 3 is 1.45 bits per heavy atom. The number of hydrogen-bond acceptors (Lipinski definition) is 11. The molecule has 0 unspecified atom stereocenters. The van der Waals surface area contributed by atoms with Crippen molar-refractivity contribution in [1.29, 1.82) is 0 Å². The number of benzene rings is 1. The van der Waals surface area contributed by atoms with Crippen LogP contribution in [0.4, 0.5) is 0 Å². The first-order valence-corrected chi connectivity index (χ1v) is 15.0. The molecule has 0 heterocycles. The molecule has 0 spiro atoms. The molecule has 1 aromatic carbocycles. The Morgan fingerprint density at radius 2 is 1.02 bits per heavy atom. The third-order valence-electron chi connectivity index (χ3n) is 5.78. The van der Waals surface area contributed by atoms with Crippen LogP contribution in [-0.2, 0) is 58.9 Å². The van der Waals surface area contributed by atoms with Crippen LogP contribution in [-0.4, -0.2) is 77.4 Å². The van der Waals surface area contributed by atoms with Gasteiger partial charge in [-0.1, -0.05) is 43.2 Å². The van der Waals surface area contributed by atoms with Gasteiger partial charge in [-0.3, -0.25) is 0 Å². The van der Waals surface area contributed by atoms with Crippen molar-refractivity contribution in [2.45, 2.75) is 53.1 Å². The Hall–Kier alpha value is -3.83. The molecule has 0 aromatic heterocycles. The third kappa shape index (κ3) is 20.1. The lowest BCUT2D eigenvalue weighted by atomic mass is 9.92. The van der Waals surface area contributed by atoms with Crippen molar-refractivity contribution in [2.24, 2.45) is 5.41 Å². The molecule has 0 aliphatic carbocycles. The summed E-state index contributed by atoms with van der Waals surface area (Å²) in [5.74, 6) is -1.62. The minimum Gasteiger partial charge on any atom is -0.500 e. The van der Waals surface area contributed by atoms with Gasteiger partial charge in [0.2, 0.25) is 0 Å². The monoisotopic (exact) mass is 620 g/mol. The highest BCUT2D eigenvalue weighted by molar-refractivity contribution is 5.82. The largest absolute Gasteiger partial charge is 0.500 e. The normalized spacial score (nSPS) is 12.7. The van der Waals surface area contributed by atoms with E-state index >= 15 is 0 Å². The van der Waals surface area contributed by atoms with Crippen LogP contribution in [0.15, 0.2) is 67.3 Å². The van der Waals surface area contributed by atoms with Gasteiger partial charge < -0.3 is 37.9 Å². The maximum Gasteiger partial charge on any atom is 0.333 e. The van der Waals surface area contributed by atoms with Crippen molar-refractivity contribution < 1.29 is 52.3 Å². The molecule has 0 radical (unpaired) electrons. The van der Waals surface area contributed by atoms with Crippen LogP contribution in [0.25, 0.3) is 0 Å². The molecule has 0 aliphatic heterocycles. The van der Waals surface area contributed by atoms with Crippen molar-refractivity contribution >= 4 is 17.9 Å². The fourth-order valence-corrected chi connectivity index (χ4v) is 3.62. The highest BCUT2D eigenvalue weighted by Crippen LogP contribution is 2.22. The third-order valence-corrected chi connectivity index (χ3v) is 5.78. The molecule has 0 atom stereocenters. The van der Waals surface area contributed by atoms with Gasteiger partial charge in [0.05, 0.1) is 75.5 Å². The molecule has 11 heteroatoms. The standard InChI is InChI=1S/C33H48O11/c1-4-42-30(34)16-21-39-26-33(27-40-22-17-31(35)43-5-2,28-41-23-18-32(36)44-6-3)25-38-20-13-8-7-12-19-37-24-29-14-10-9-11-15-29/h9-11,14-18,21-23H,4-8,12-13,19-20,24-28H2,1-3H3. The van der Waals surface area contributed by atoms with Crippen LogP contribution in [0, 0.1) is 5.41 Å². The van der Waals surface area contributed by atoms with E-state index in [1.807, 2.05) is 30.3 Å². The van der Waals surface area contributed by atoms with E-state index in [4.69, 9.17) is 37.9 Å². The van der Waals surface area contributed by atoms with Crippen LogP contribution in [0.5, 0.6) is 0 Å². The number of carbonyl (C=O) groups excluding carboxylic acids is 3. The number of carbonyl (C=O) groups is 3. The van der Waals surface area contributed by atoms with E-state index in [1.54, 1.807) is 20.8 Å². The van der Waals surface area contributed by atoms with Gasteiger partial charge >= 0.3 is 17.9 Å². The van der Waals surface area contributed by atoms with Gasteiger partial charge in [-0.2, -0.15) is 0 Å². The van der Waals surface area contributed by atoms with Gasteiger partial charge in [-0.25, -0.2) is 14.4 Å². The zero-order valence-corrected chi connectivity index (χ0v) is 26.2. The number of unbranched alkanes of at least 4 members (excludes halogenated alkanes) is 3. The average molecular weight is 621 g/mol. The maximum atomic E-state index is 11.7. The number of rotatable bonds is 26. The average Bonchev–Trinajstić information content (AvgIpc) is 3.01. The van der Waals surface area contributed by atoms with Crippen molar-refractivity contribution in [3.05, 3.63) is 72.9 Å². The van der Waals surface area contributed by atoms with Gasteiger partial charge in [0, 0.05) is 13.2 Å². The van der Waals surface area contributed by atoms with E-state index in [0.29, 0.717) is 19.8 Å². The number of hydrogen-bond donors (Lipinski definition) is 0. The first kappa shape index (κ1) is 38.2. The van der Waals surface area contributed by atoms with Crippen LogP contribution in [0.3, 0.4) is 0 Å². The lowest BCUT2D eigenvalue weighted by molar-refractivity contribution is -0.138. The molecule has 0 aliphatic rings. The molecule has 1 rings (SSSR count). The minimum atomic E-state index is -0.887. The van der Waals surface area contributed by atoms with Gasteiger partial charge in [-0.15, -0.1) is 0 Å². The summed E-state index contributed by atoms with van der Waals surface area (Å²) in [6.45, 7) is 7.89. The lowest BCUT2D eigenvalue weighted by Crippen LogP contribution is -2.40. The van der Waals surface area contributed by atoms with E-state index in [-0.39, 0.29) is 46.2 Å². The predicted molar refractivity (Wildman–Crippen MR) is 163 cm³/mol. The molecule has 0 saturated carbocycles. The smallest absolute Gasteiger partial charge is 0.333 e. The Labute approximate surface area is 261 Å². The van der Waals surface area contributed by atoms with Gasteiger partial charge in [0.15, 0.2) is 0 Å². The molecule has 44 heavy (non-hydrogen) atoms. The van der Waals surface area contributed by atoms with E-state index in [2.05, 4.69) is 0 Å². The number of ether oxygens (including phenoxy) is 8. The summed E-state index contributed by atoms with van der Waals surface area (Å²) in [7, 11) is 0. The van der Waals surface area contributed by atoms with Gasteiger partial charge in [-0.05, 0) is 39.2 Å². The molecule has 0 bridgehead atoms. The van der Waals surface area contributed by atoms with Crippen molar-refractivity contribution in [3.63, 3.8) is 0 Å². The van der Waals surface area contributed by atoms with Crippen LogP contribution in [0.1, 0.15) is 52.0 Å². The zero-order valence-electron chi connectivity index (χ0n) is 26.2. The molecule has 0 saturated heterocycles. The second-order valence-corrected chi connectivity index (χ2v) is 9.60. The fourth-order valence-electron chi connectivity index (χ4n) is 3.62. The Bertz CT molecular complexity index is 910. The summed E-state index contributed by atoms with van der Waals surface area (Å²) < 4.78 is 43.3. The Kier molecular flexibility index (Phi) is 22.3. The molecule has 0 amide bonds. The Morgan fingerprint density at radius 1 is 0.591 bits per heavy atom. The SMILES string of the molecule is CCOC(=O)C=COCC(COC=CC(=O)OCC)(COC=CC(=O)OCC)COCCCCCCOCc1ccccc1. The molecule has 0 N–H and O–H groups in total. The van der Waals surface area contributed by atoms with Crippen LogP contribution >= 0.6 is 0 Å². The van der Waals surface area contributed by atoms with E-state index in [1.165, 1.54) is 37.0 Å². The molecule has 246 valence electrons. The van der Waals surface area contributed by atoms with Crippen LogP contribution < -0.4 is 0 Å². The number of esters is 3. The van der Waals surface area contributed by atoms with Gasteiger partial charge in [0.1, 0.15) is 19.8 Å². The van der Waals surface area contributed by atoms with Crippen molar-refractivity contribution in [2.75, 3.05) is 59.5 Å². The first-order chi connectivity index (χ1) is 21.4. The molecule has 1 aromatic rings. The Balaban J connectivity index is 2.70. The molecular formula is C33H48O11. The molecule has 11 nitrogen and oxygen atoms in total. The van der Waals surface area contributed by atoms with Crippen molar-refractivity contribution in [3.8, 4) is 0 Å². The van der Waals surface area contributed by atoms with Crippen LogP contribution in [0.2, 0.25) is 0 Å². The maximum absolute atomic E-state index is 11.7. The highest BCUT2D eigenvalue weighted by atomic mass is 16.5. The fraction of sp³-hybridized carbons (Fsp3) is 0.545. The molecule has 0 fully saturated rings. The summed E-state index contributed by atoms with van der Waals surface area (Å²) in [5.41, 5.74) is 0.271. The quantitative estimate of drug-likeness (QED) is 0.0454.